The van der Waals surface area contributed by atoms with Gasteiger partial charge in [-0.05, 0) is 30.0 Å². The molecule has 0 N–H and O–H groups in total. The standard InChI is InChI=1S/C21H21ClN4S/c1-14(13-23)27-20-25-24-19(26(20)18-8-6-5-7-17(18)22)15-9-11-16(12-10-15)21(2,3)4/h5-12,14H,1-4H3/t14-/m0/s1. The molecule has 0 bridgehead atoms. The minimum atomic E-state index is -0.244. The molecule has 3 aromatic rings. The zero-order valence-electron chi connectivity index (χ0n) is 15.8. The van der Waals surface area contributed by atoms with Crippen LogP contribution in [0.5, 0.6) is 0 Å². The summed E-state index contributed by atoms with van der Waals surface area (Å²) in [6.45, 7) is 8.40. The Bertz CT molecular complexity index is 981. The van der Waals surface area contributed by atoms with Crippen molar-refractivity contribution in [3.63, 3.8) is 0 Å². The molecule has 3 rings (SSSR count). The van der Waals surface area contributed by atoms with Gasteiger partial charge in [-0.25, -0.2) is 0 Å². The van der Waals surface area contributed by atoms with Gasteiger partial charge < -0.3 is 0 Å². The first-order valence-corrected chi connectivity index (χ1v) is 9.94. The molecule has 0 aliphatic rings. The normalized spacial score (nSPS) is 12.6. The van der Waals surface area contributed by atoms with E-state index in [1.807, 2.05) is 35.8 Å². The van der Waals surface area contributed by atoms with Crippen LogP contribution < -0.4 is 0 Å². The molecule has 4 nitrogen and oxygen atoms in total. The van der Waals surface area contributed by atoms with Gasteiger partial charge in [0.25, 0.3) is 0 Å². The highest BCUT2D eigenvalue weighted by Crippen LogP contribution is 2.33. The number of para-hydroxylation sites is 1. The maximum absolute atomic E-state index is 9.19. The van der Waals surface area contributed by atoms with Crippen molar-refractivity contribution in [2.24, 2.45) is 0 Å². The Kier molecular flexibility index (Phi) is 5.59. The topological polar surface area (TPSA) is 54.5 Å². The van der Waals surface area contributed by atoms with Crippen LogP contribution in [0.25, 0.3) is 17.1 Å². The summed E-state index contributed by atoms with van der Waals surface area (Å²) < 4.78 is 1.92. The highest BCUT2D eigenvalue weighted by molar-refractivity contribution is 8.00. The van der Waals surface area contributed by atoms with Crippen molar-refractivity contribution >= 4 is 23.4 Å². The minimum Gasteiger partial charge on any atom is -0.268 e. The largest absolute Gasteiger partial charge is 0.268 e. The average Bonchev–Trinajstić information content (AvgIpc) is 3.04. The van der Waals surface area contributed by atoms with Gasteiger partial charge in [-0.1, -0.05) is 80.5 Å². The van der Waals surface area contributed by atoms with Crippen molar-refractivity contribution in [1.29, 1.82) is 5.26 Å². The number of nitriles is 1. The summed E-state index contributed by atoms with van der Waals surface area (Å²) in [5.41, 5.74) is 3.08. The van der Waals surface area contributed by atoms with Crippen LogP contribution in [0.1, 0.15) is 33.3 Å². The van der Waals surface area contributed by atoms with Gasteiger partial charge in [0.05, 0.1) is 22.0 Å². The first kappa shape index (κ1) is 19.5. The number of benzene rings is 2. The Morgan fingerprint density at radius 1 is 1.07 bits per heavy atom. The molecular weight excluding hydrogens is 376 g/mol. The predicted molar refractivity (Wildman–Crippen MR) is 111 cm³/mol. The van der Waals surface area contributed by atoms with E-state index >= 15 is 0 Å². The van der Waals surface area contributed by atoms with Crippen LogP contribution in [-0.2, 0) is 5.41 Å². The van der Waals surface area contributed by atoms with Crippen LogP contribution in [0.2, 0.25) is 5.02 Å². The number of nitrogens with zero attached hydrogens (tertiary/aromatic N) is 4. The highest BCUT2D eigenvalue weighted by Gasteiger charge is 2.20. The van der Waals surface area contributed by atoms with Gasteiger partial charge in [0.15, 0.2) is 11.0 Å². The van der Waals surface area contributed by atoms with Crippen LogP contribution in [0, 0.1) is 11.3 Å². The Morgan fingerprint density at radius 2 is 1.74 bits per heavy atom. The molecular formula is C21H21ClN4S. The van der Waals surface area contributed by atoms with E-state index in [0.29, 0.717) is 16.0 Å². The smallest absolute Gasteiger partial charge is 0.197 e. The van der Waals surface area contributed by atoms with Crippen molar-refractivity contribution in [2.45, 2.75) is 43.5 Å². The molecule has 0 spiro atoms. The van der Waals surface area contributed by atoms with Gasteiger partial charge in [0, 0.05) is 5.56 Å². The maximum atomic E-state index is 9.19. The lowest BCUT2D eigenvalue weighted by atomic mass is 9.87. The quantitative estimate of drug-likeness (QED) is 0.516. The summed E-state index contributed by atoms with van der Waals surface area (Å²) in [6.07, 6.45) is 0. The lowest BCUT2D eigenvalue weighted by Gasteiger charge is -2.19. The van der Waals surface area contributed by atoms with Gasteiger partial charge in [0.1, 0.15) is 0 Å². The molecule has 27 heavy (non-hydrogen) atoms. The summed E-state index contributed by atoms with van der Waals surface area (Å²) >= 11 is 7.82. The molecule has 1 heterocycles. The molecule has 0 saturated carbocycles. The number of hydrogen-bond acceptors (Lipinski definition) is 4. The summed E-state index contributed by atoms with van der Waals surface area (Å²) in [7, 11) is 0. The molecule has 2 aromatic carbocycles. The Balaban J connectivity index is 2.14. The fourth-order valence-corrected chi connectivity index (χ4v) is 3.65. The Hall–Kier alpha value is -2.29. The van der Waals surface area contributed by atoms with E-state index in [2.05, 4.69) is 61.3 Å². The van der Waals surface area contributed by atoms with E-state index in [1.165, 1.54) is 17.3 Å². The lowest BCUT2D eigenvalue weighted by molar-refractivity contribution is 0.590. The van der Waals surface area contributed by atoms with Crippen LogP contribution in [-0.4, -0.2) is 20.0 Å². The molecule has 0 saturated heterocycles. The van der Waals surface area contributed by atoms with Gasteiger partial charge >= 0.3 is 0 Å². The zero-order chi connectivity index (χ0) is 19.6. The summed E-state index contributed by atoms with van der Waals surface area (Å²) in [4.78, 5) is 0. The number of rotatable bonds is 4. The number of thioether (sulfide) groups is 1. The van der Waals surface area contributed by atoms with E-state index in [9.17, 15) is 5.26 Å². The van der Waals surface area contributed by atoms with E-state index in [1.54, 1.807) is 0 Å². The SMILES string of the molecule is C[C@@H](C#N)Sc1nnc(-c2ccc(C(C)(C)C)cc2)n1-c1ccccc1Cl. The fourth-order valence-electron chi connectivity index (χ4n) is 2.69. The van der Waals surface area contributed by atoms with E-state index in [0.717, 1.165) is 11.3 Å². The van der Waals surface area contributed by atoms with Crippen LogP contribution in [0.3, 0.4) is 0 Å². The Morgan fingerprint density at radius 3 is 2.33 bits per heavy atom. The van der Waals surface area contributed by atoms with Gasteiger partial charge in [0.2, 0.25) is 0 Å². The third-order valence-corrected chi connectivity index (χ3v) is 5.45. The number of hydrogen-bond donors (Lipinski definition) is 0. The molecule has 0 radical (unpaired) electrons. The molecule has 0 unspecified atom stereocenters. The van der Waals surface area contributed by atoms with Crippen molar-refractivity contribution in [3.8, 4) is 23.1 Å². The Labute approximate surface area is 169 Å². The van der Waals surface area contributed by atoms with Gasteiger partial charge in [-0.2, -0.15) is 5.26 Å². The number of aromatic nitrogens is 3. The van der Waals surface area contributed by atoms with Crippen LogP contribution in [0.15, 0.2) is 53.7 Å². The lowest BCUT2D eigenvalue weighted by Crippen LogP contribution is -2.10. The molecule has 0 aliphatic carbocycles. The maximum Gasteiger partial charge on any atom is 0.197 e. The van der Waals surface area contributed by atoms with Crippen LogP contribution in [0.4, 0.5) is 0 Å². The van der Waals surface area contributed by atoms with Crippen molar-refractivity contribution in [3.05, 3.63) is 59.1 Å². The minimum absolute atomic E-state index is 0.0815. The van der Waals surface area contributed by atoms with E-state index in [4.69, 9.17) is 11.6 Å². The average molecular weight is 397 g/mol. The fraction of sp³-hybridized carbons (Fsp3) is 0.286. The zero-order valence-corrected chi connectivity index (χ0v) is 17.3. The molecule has 0 fully saturated rings. The van der Waals surface area contributed by atoms with Crippen LogP contribution >= 0.6 is 23.4 Å². The third-order valence-electron chi connectivity index (χ3n) is 4.20. The highest BCUT2D eigenvalue weighted by atomic mass is 35.5. The predicted octanol–water partition coefficient (Wildman–Crippen LogP) is 5.89. The monoisotopic (exact) mass is 396 g/mol. The van der Waals surface area contributed by atoms with E-state index < -0.39 is 0 Å². The molecule has 1 aromatic heterocycles. The second-order valence-electron chi connectivity index (χ2n) is 7.31. The summed E-state index contributed by atoms with van der Waals surface area (Å²) in [5, 5.41) is 18.9. The first-order valence-electron chi connectivity index (χ1n) is 8.69. The second kappa shape index (κ2) is 7.75. The van der Waals surface area contributed by atoms with Gasteiger partial charge in [-0.15, -0.1) is 10.2 Å². The second-order valence-corrected chi connectivity index (χ2v) is 9.02. The van der Waals surface area contributed by atoms with E-state index in [-0.39, 0.29) is 10.7 Å². The molecule has 138 valence electrons. The molecule has 0 amide bonds. The molecule has 1 atom stereocenters. The first-order chi connectivity index (χ1) is 12.8. The number of halogens is 1. The van der Waals surface area contributed by atoms with Gasteiger partial charge in [-0.3, -0.25) is 4.57 Å². The molecule has 6 heteroatoms. The third kappa shape index (κ3) is 4.18. The summed E-state index contributed by atoms with van der Waals surface area (Å²) in [5.74, 6) is 0.705. The van der Waals surface area contributed by atoms with Crippen molar-refractivity contribution in [2.75, 3.05) is 0 Å². The molecule has 0 aliphatic heterocycles. The van der Waals surface area contributed by atoms with Crippen molar-refractivity contribution < 1.29 is 0 Å². The van der Waals surface area contributed by atoms with Crippen molar-refractivity contribution in [1.82, 2.24) is 14.8 Å². The summed E-state index contributed by atoms with van der Waals surface area (Å²) in [6, 6.07) is 18.2.